The van der Waals surface area contributed by atoms with Crippen LogP contribution in [0.2, 0.25) is 0 Å². The van der Waals surface area contributed by atoms with Crippen molar-refractivity contribution in [1.82, 2.24) is 35.4 Å². The Morgan fingerprint density at radius 2 is 0.977 bits per heavy atom. The lowest BCUT2D eigenvalue weighted by atomic mass is 9.86. The van der Waals surface area contributed by atoms with Crippen LogP contribution < -0.4 is 41.8 Å². The second kappa shape index (κ2) is 31.6. The molecule has 5 amide bonds. The third-order valence-corrected chi connectivity index (χ3v) is 19.4. The maximum Gasteiger partial charge on any atom is 0.407 e. The molecule has 0 unspecified atom stereocenters. The lowest BCUT2D eigenvalue weighted by Crippen LogP contribution is -2.40. The van der Waals surface area contributed by atoms with Gasteiger partial charge in [0.15, 0.2) is 0 Å². The summed E-state index contributed by atoms with van der Waals surface area (Å²) >= 11 is 7.81. The quantitative estimate of drug-likeness (QED) is 0.0395. The molecule has 2 aromatic heterocycles. The Balaban J connectivity index is 0.000000252. The molecule has 0 aliphatic heterocycles. The number of carbonyl (C=O) groups excluding carboxylic acids is 4. The number of nitrogens with one attached hydrogen (secondary N) is 7. The smallest absolute Gasteiger partial charge is 0.407 e. The number of hydrogen-bond acceptors (Lipinski definition) is 15. The standard InChI is InChI=1S/C31H41N5O5S2.C27H35N5O3S2.C4H7ClO2/c1-20(2)41-30(38)35-23-13-11-22(12-14-23)28-32-19-26(42-28)25-16-15-24(17-27(25)43(39,40)36-31(3,4)5)34-29(37)33-18-21-9-7-6-8-10-21;1-27(2,3)32-37(34,35)24-15-21(31-26(33)30-16-18-7-5-4-6-8-18)13-14-22(24)23-17-29-25(36-23)19-9-11-20(28)12-10-19;1-3(2)7-4(5)6/h6-10,15-17,19-20,22-23,36H,11-14,18H2,1-5H3,(H,35,38)(H2,33,34,37);4-8,13-15,17,19-20,32H,9-12,16,28H2,1-3H3,(H2,30,31,33);3H,1-2H3. The number of benzene rings is 4. The van der Waals surface area contributed by atoms with Crippen LogP contribution in [0.1, 0.15) is 154 Å². The molecule has 2 saturated carbocycles. The van der Waals surface area contributed by atoms with E-state index in [1.807, 2.05) is 74.5 Å². The van der Waals surface area contributed by atoms with Gasteiger partial charge in [-0.05, 0) is 156 Å². The minimum atomic E-state index is -3.95. The maximum absolute atomic E-state index is 13.6. The summed E-state index contributed by atoms with van der Waals surface area (Å²) in [6.45, 7) is 18.5. The van der Waals surface area contributed by atoms with Crippen LogP contribution in [0.5, 0.6) is 0 Å². The molecule has 0 spiro atoms. The van der Waals surface area contributed by atoms with Gasteiger partial charge >= 0.3 is 23.6 Å². The number of nitrogens with zero attached hydrogens (tertiary/aromatic N) is 2. The first kappa shape index (κ1) is 69.6. The highest BCUT2D eigenvalue weighted by Crippen LogP contribution is 2.42. The molecule has 2 aliphatic carbocycles. The van der Waals surface area contributed by atoms with Crippen LogP contribution >= 0.6 is 34.3 Å². The number of anilines is 2. The third-order valence-electron chi connectivity index (χ3n) is 13.3. The van der Waals surface area contributed by atoms with Gasteiger partial charge < -0.3 is 41.8 Å². The summed E-state index contributed by atoms with van der Waals surface area (Å²) < 4.78 is 69.2. The molecule has 0 bridgehead atoms. The first-order chi connectivity index (χ1) is 40.9. The zero-order valence-electron chi connectivity index (χ0n) is 51.0. The van der Waals surface area contributed by atoms with Gasteiger partial charge in [0.2, 0.25) is 20.0 Å². The molecule has 9 N–H and O–H groups in total. The average Bonchev–Trinajstić information content (AvgIpc) is 1.86. The largest absolute Gasteiger partial charge is 0.451 e. The number of hydrogen-bond donors (Lipinski definition) is 8. The van der Waals surface area contributed by atoms with Gasteiger partial charge in [0.1, 0.15) is 0 Å². The number of nitrogens with two attached hydrogens (primary N) is 1. The van der Waals surface area contributed by atoms with Crippen LogP contribution in [0.25, 0.3) is 20.9 Å². The Morgan fingerprint density at radius 3 is 1.33 bits per heavy atom. The second-order valence-electron chi connectivity index (χ2n) is 24.0. The average molecular weight is 1290 g/mol. The van der Waals surface area contributed by atoms with Gasteiger partial charge in [-0.1, -0.05) is 72.8 Å². The van der Waals surface area contributed by atoms with E-state index < -0.39 is 48.6 Å². The molecule has 2 heterocycles. The van der Waals surface area contributed by atoms with Crippen molar-refractivity contribution < 1.29 is 45.5 Å². The number of thiazole rings is 2. The van der Waals surface area contributed by atoms with E-state index in [0.717, 1.165) is 82.3 Å². The molecule has 25 heteroatoms. The molecular weight excluding hydrogens is 1210 g/mol. The van der Waals surface area contributed by atoms with Crippen LogP contribution in [-0.4, -0.2) is 85.8 Å². The summed E-state index contributed by atoms with van der Waals surface area (Å²) in [5.41, 5.74) is 7.67. The van der Waals surface area contributed by atoms with Crippen molar-refractivity contribution in [3.8, 4) is 20.9 Å². The number of ether oxygens (including phenoxy) is 2. The van der Waals surface area contributed by atoms with Gasteiger partial charge in [-0.15, -0.1) is 22.7 Å². The van der Waals surface area contributed by atoms with E-state index in [2.05, 4.69) is 50.7 Å². The van der Waals surface area contributed by atoms with Crippen LogP contribution in [0.15, 0.2) is 119 Å². The molecule has 87 heavy (non-hydrogen) atoms. The van der Waals surface area contributed by atoms with E-state index in [9.17, 15) is 36.0 Å². The fourth-order valence-corrected chi connectivity index (χ4v) is 15.4. The van der Waals surface area contributed by atoms with Crippen molar-refractivity contribution in [2.45, 2.75) is 191 Å². The minimum Gasteiger partial charge on any atom is -0.451 e. The van der Waals surface area contributed by atoms with Gasteiger partial charge in [-0.25, -0.2) is 55.4 Å². The molecule has 2 aliphatic rings. The second-order valence-corrected chi connectivity index (χ2v) is 29.7. The topological polar surface area (TPSA) is 291 Å². The summed E-state index contributed by atoms with van der Waals surface area (Å²) in [4.78, 5) is 57.9. The summed E-state index contributed by atoms with van der Waals surface area (Å²) in [6, 6.07) is 28.4. The third kappa shape index (κ3) is 23.2. The molecule has 0 radical (unpaired) electrons. The summed E-state index contributed by atoms with van der Waals surface area (Å²) in [6.07, 6.45) is 10.1. The number of halogens is 1. The number of sulfonamides is 2. The van der Waals surface area contributed by atoms with Crippen LogP contribution in [-0.2, 0) is 42.6 Å². The zero-order chi connectivity index (χ0) is 63.7. The molecule has 2 fully saturated rings. The lowest BCUT2D eigenvalue weighted by Gasteiger charge is -2.28. The Morgan fingerprint density at radius 1 is 0.586 bits per heavy atom. The van der Waals surface area contributed by atoms with E-state index in [-0.39, 0.29) is 46.1 Å². The molecule has 0 saturated heterocycles. The molecule has 20 nitrogen and oxygen atoms in total. The fourth-order valence-electron chi connectivity index (χ4n) is 9.53. The fraction of sp³-hybridized carbons (Fsp3) is 0.452. The highest BCUT2D eigenvalue weighted by Gasteiger charge is 2.31. The monoisotopic (exact) mass is 1290 g/mol. The number of amides is 5. The number of alkyl carbamates (subject to hydrolysis) is 1. The predicted octanol–water partition coefficient (Wildman–Crippen LogP) is 13.3. The van der Waals surface area contributed by atoms with Crippen molar-refractivity contribution in [2.75, 3.05) is 10.6 Å². The molecule has 472 valence electrons. The van der Waals surface area contributed by atoms with Crippen LogP contribution in [0.4, 0.5) is 30.6 Å². The number of rotatable bonds is 17. The molecule has 8 rings (SSSR count). The van der Waals surface area contributed by atoms with Gasteiger partial charge in [0, 0.05) is 94.6 Å². The van der Waals surface area contributed by atoms with Crippen LogP contribution in [0, 0.1) is 0 Å². The summed E-state index contributed by atoms with van der Waals surface area (Å²) in [5.74, 6) is 0.570. The molecule has 6 aromatic rings. The van der Waals surface area contributed by atoms with E-state index in [0.29, 0.717) is 41.5 Å². The molecule has 4 aromatic carbocycles. The van der Waals surface area contributed by atoms with Crippen molar-refractivity contribution in [3.63, 3.8) is 0 Å². The van der Waals surface area contributed by atoms with Crippen molar-refractivity contribution >= 4 is 89.3 Å². The maximum atomic E-state index is 13.6. The summed E-state index contributed by atoms with van der Waals surface area (Å²) in [7, 11) is -7.84. The van der Waals surface area contributed by atoms with E-state index in [1.165, 1.54) is 34.8 Å². The number of carbonyl (C=O) groups is 4. The van der Waals surface area contributed by atoms with Crippen molar-refractivity contribution in [2.24, 2.45) is 5.73 Å². The lowest BCUT2D eigenvalue weighted by molar-refractivity contribution is 0.109. The highest BCUT2D eigenvalue weighted by molar-refractivity contribution is 7.90. The zero-order valence-corrected chi connectivity index (χ0v) is 55.0. The van der Waals surface area contributed by atoms with E-state index in [1.54, 1.807) is 92.0 Å². The predicted molar refractivity (Wildman–Crippen MR) is 346 cm³/mol. The van der Waals surface area contributed by atoms with Crippen molar-refractivity contribution in [1.29, 1.82) is 0 Å². The van der Waals surface area contributed by atoms with Crippen molar-refractivity contribution in [3.05, 3.63) is 131 Å². The number of aromatic nitrogens is 2. The Labute approximate surface area is 525 Å². The van der Waals surface area contributed by atoms with Crippen LogP contribution in [0.3, 0.4) is 0 Å². The Kier molecular flexibility index (Phi) is 25.3. The van der Waals surface area contributed by atoms with E-state index in [4.69, 9.17) is 22.1 Å². The Bertz CT molecular complexity index is 3470. The van der Waals surface area contributed by atoms with Gasteiger partial charge in [0.05, 0.1) is 41.8 Å². The normalized spacial score (nSPS) is 17.1. The molecule has 0 atom stereocenters. The minimum absolute atomic E-state index is 0.0621. The van der Waals surface area contributed by atoms with Gasteiger partial charge in [-0.3, -0.25) is 0 Å². The van der Waals surface area contributed by atoms with Gasteiger partial charge in [-0.2, -0.15) is 0 Å². The number of urea groups is 2. The Hall–Kier alpha value is -6.51. The first-order valence-corrected chi connectivity index (χ1v) is 33.9. The summed E-state index contributed by atoms with van der Waals surface area (Å²) in [5, 5.41) is 16.0. The van der Waals surface area contributed by atoms with Gasteiger partial charge in [0.25, 0.3) is 0 Å². The molecular formula is C62H83ClN10O10S4. The van der Waals surface area contributed by atoms with E-state index >= 15 is 0 Å². The first-order valence-electron chi connectivity index (χ1n) is 29.0. The SMILES string of the molecule is CC(C)(C)NS(=O)(=O)c1cc(NC(=O)NCc2ccccc2)ccc1-c1cnc(C2CCC(N)CC2)s1.CC(C)OC(=O)Cl.CC(C)OC(=O)NC1CCC(c2ncc(-c3ccc(NC(=O)NCc4ccccc4)cc3S(=O)(=O)NC(C)(C)C)s2)CC1. The highest BCUT2D eigenvalue weighted by atomic mass is 35.5.